The van der Waals surface area contributed by atoms with Crippen molar-refractivity contribution in [2.24, 2.45) is 5.92 Å². The van der Waals surface area contributed by atoms with Crippen LogP contribution in [0, 0.1) is 5.92 Å². The molecular formula is C15H25F2N3O2S. The van der Waals surface area contributed by atoms with Crippen LogP contribution in [0.15, 0.2) is 12.4 Å². The molecule has 1 heterocycles. The Kier molecular flexibility index (Phi) is 5.78. The van der Waals surface area contributed by atoms with Gasteiger partial charge in [0, 0.05) is 44.2 Å². The molecule has 1 saturated carbocycles. The number of hydrogen-bond acceptors (Lipinski definition) is 3. The van der Waals surface area contributed by atoms with Crippen LogP contribution >= 0.6 is 0 Å². The van der Waals surface area contributed by atoms with Crippen molar-refractivity contribution in [1.29, 1.82) is 0 Å². The molecule has 8 heteroatoms. The van der Waals surface area contributed by atoms with Crippen LogP contribution in [0.5, 0.6) is 0 Å². The molecule has 1 aromatic rings. The Balaban J connectivity index is 1.83. The Morgan fingerprint density at radius 2 is 2.22 bits per heavy atom. The van der Waals surface area contributed by atoms with Crippen molar-refractivity contribution < 1.29 is 17.2 Å². The maximum absolute atomic E-state index is 13.4. The van der Waals surface area contributed by atoms with E-state index in [9.17, 15) is 17.2 Å². The molecule has 5 nitrogen and oxygen atoms in total. The van der Waals surface area contributed by atoms with Crippen molar-refractivity contribution >= 4 is 10.0 Å². The summed E-state index contributed by atoms with van der Waals surface area (Å²) in [6.45, 7) is 4.76. The van der Waals surface area contributed by atoms with Crippen molar-refractivity contribution in [2.45, 2.75) is 57.9 Å². The first-order valence-electron chi connectivity index (χ1n) is 8.05. The molecule has 0 aliphatic heterocycles. The first-order valence-corrected chi connectivity index (χ1v) is 9.70. The van der Waals surface area contributed by atoms with Gasteiger partial charge in [-0.15, -0.1) is 0 Å². The number of halogens is 2. The van der Waals surface area contributed by atoms with Gasteiger partial charge in [0.2, 0.25) is 15.9 Å². The second kappa shape index (κ2) is 7.25. The molecule has 2 rings (SSSR count). The maximum Gasteiger partial charge on any atom is 0.248 e. The third kappa shape index (κ3) is 5.53. The van der Waals surface area contributed by atoms with Gasteiger partial charge in [-0.25, -0.2) is 26.9 Å². The fourth-order valence-corrected chi connectivity index (χ4v) is 4.54. The lowest BCUT2D eigenvalue weighted by Crippen LogP contribution is -2.36. The van der Waals surface area contributed by atoms with Crippen LogP contribution < -0.4 is 4.72 Å². The van der Waals surface area contributed by atoms with Crippen molar-refractivity contribution in [3.63, 3.8) is 0 Å². The lowest BCUT2D eigenvalue weighted by Gasteiger charge is -2.28. The predicted octanol–water partition coefficient (Wildman–Crippen LogP) is 2.75. The molecule has 0 radical (unpaired) electrons. The van der Waals surface area contributed by atoms with E-state index in [1.807, 2.05) is 24.6 Å². The maximum atomic E-state index is 13.4. The number of sulfonamides is 1. The lowest BCUT2D eigenvalue weighted by molar-refractivity contribution is -0.0489. The van der Waals surface area contributed by atoms with E-state index in [-0.39, 0.29) is 31.1 Å². The number of rotatable bonds is 7. The van der Waals surface area contributed by atoms with Gasteiger partial charge in [0.25, 0.3) is 0 Å². The van der Waals surface area contributed by atoms with E-state index in [2.05, 4.69) is 9.71 Å². The zero-order valence-electron chi connectivity index (χ0n) is 13.6. The van der Waals surface area contributed by atoms with Crippen molar-refractivity contribution in [3.8, 4) is 0 Å². The van der Waals surface area contributed by atoms with E-state index in [0.29, 0.717) is 19.4 Å². The Morgan fingerprint density at radius 1 is 1.48 bits per heavy atom. The van der Waals surface area contributed by atoms with Crippen LogP contribution in [0.2, 0.25) is 0 Å². The molecule has 1 N–H and O–H groups in total. The van der Waals surface area contributed by atoms with Crippen LogP contribution in [0.1, 0.15) is 51.3 Å². The normalized spacial score (nSPS) is 21.7. The molecule has 0 amide bonds. The van der Waals surface area contributed by atoms with Crippen LogP contribution in [-0.2, 0) is 16.6 Å². The zero-order chi connectivity index (χ0) is 17.1. The predicted molar refractivity (Wildman–Crippen MR) is 85.0 cm³/mol. The number of nitrogens with zero attached hydrogens (tertiary/aromatic N) is 2. The van der Waals surface area contributed by atoms with Crippen molar-refractivity contribution in [1.82, 2.24) is 14.3 Å². The summed E-state index contributed by atoms with van der Waals surface area (Å²) in [6, 6.07) is 0. The van der Waals surface area contributed by atoms with Crippen LogP contribution in [0.3, 0.4) is 0 Å². The molecule has 0 spiro atoms. The summed E-state index contributed by atoms with van der Waals surface area (Å²) in [5.74, 6) is -2.25. The molecule has 0 saturated heterocycles. The van der Waals surface area contributed by atoms with Gasteiger partial charge in [-0.3, -0.25) is 0 Å². The summed E-state index contributed by atoms with van der Waals surface area (Å²) < 4.78 is 55.3. The molecule has 23 heavy (non-hydrogen) atoms. The van der Waals surface area contributed by atoms with E-state index in [0.717, 1.165) is 5.82 Å². The quantitative estimate of drug-likeness (QED) is 0.823. The highest BCUT2D eigenvalue weighted by Crippen LogP contribution is 2.37. The van der Waals surface area contributed by atoms with Gasteiger partial charge in [0.15, 0.2) is 0 Å². The highest BCUT2D eigenvalue weighted by Gasteiger charge is 2.37. The fraction of sp³-hybridized carbons (Fsp3) is 0.800. The van der Waals surface area contributed by atoms with Gasteiger partial charge < -0.3 is 4.57 Å². The van der Waals surface area contributed by atoms with Crippen LogP contribution in [-0.4, -0.2) is 36.2 Å². The Labute approximate surface area is 136 Å². The minimum atomic E-state index is -3.53. The zero-order valence-corrected chi connectivity index (χ0v) is 14.5. The Bertz CT molecular complexity index is 614. The fourth-order valence-electron chi connectivity index (χ4n) is 3.12. The first-order chi connectivity index (χ1) is 10.7. The molecular weight excluding hydrogens is 324 g/mol. The van der Waals surface area contributed by atoms with Crippen LogP contribution in [0.25, 0.3) is 0 Å². The second-order valence-electron chi connectivity index (χ2n) is 6.63. The molecule has 1 aromatic heterocycles. The number of aromatic nitrogens is 2. The monoisotopic (exact) mass is 349 g/mol. The summed E-state index contributed by atoms with van der Waals surface area (Å²) >= 11 is 0. The smallest absolute Gasteiger partial charge is 0.248 e. The van der Waals surface area contributed by atoms with Gasteiger partial charge in [-0.1, -0.05) is 13.8 Å². The van der Waals surface area contributed by atoms with Gasteiger partial charge in [0.05, 0.1) is 5.75 Å². The third-order valence-electron chi connectivity index (χ3n) is 4.14. The van der Waals surface area contributed by atoms with Gasteiger partial charge >= 0.3 is 0 Å². The number of imidazole rings is 1. The van der Waals surface area contributed by atoms with E-state index in [1.165, 1.54) is 0 Å². The highest BCUT2D eigenvalue weighted by atomic mass is 32.2. The van der Waals surface area contributed by atoms with Crippen LogP contribution in [0.4, 0.5) is 8.78 Å². The summed E-state index contributed by atoms with van der Waals surface area (Å²) in [6.07, 6.45) is 3.98. The molecule has 132 valence electrons. The minimum absolute atomic E-state index is 0.129. The van der Waals surface area contributed by atoms with Gasteiger partial charge in [-0.05, 0) is 18.8 Å². The molecule has 1 fully saturated rings. The largest absolute Gasteiger partial charge is 0.333 e. The van der Waals surface area contributed by atoms with Gasteiger partial charge in [0.1, 0.15) is 5.82 Å². The standard InChI is InChI=1S/C15H25F2N3O2S/c1-12(2)14-18-6-8-20(14)9-7-19-23(21,22)11-13-4-3-5-15(16,17)10-13/h6,8,12-13,19H,3-5,7,9-11H2,1-2H3. The molecule has 0 bridgehead atoms. The topological polar surface area (TPSA) is 64.0 Å². The lowest BCUT2D eigenvalue weighted by atomic mass is 9.88. The number of nitrogens with one attached hydrogen (secondary N) is 1. The third-order valence-corrected chi connectivity index (χ3v) is 5.69. The van der Waals surface area contributed by atoms with Crippen molar-refractivity contribution in [3.05, 3.63) is 18.2 Å². The molecule has 1 aliphatic rings. The average molecular weight is 349 g/mol. The Morgan fingerprint density at radius 3 is 2.87 bits per heavy atom. The number of hydrogen-bond donors (Lipinski definition) is 1. The number of alkyl halides is 2. The summed E-state index contributed by atoms with van der Waals surface area (Å²) in [5, 5.41) is 0. The van der Waals surface area contributed by atoms with E-state index in [1.54, 1.807) is 6.20 Å². The van der Waals surface area contributed by atoms with E-state index >= 15 is 0 Å². The second-order valence-corrected chi connectivity index (χ2v) is 8.48. The first kappa shape index (κ1) is 18.3. The van der Waals surface area contributed by atoms with E-state index < -0.39 is 21.9 Å². The summed E-state index contributed by atoms with van der Waals surface area (Å²) in [5.41, 5.74) is 0. The molecule has 1 unspecified atom stereocenters. The Hall–Kier alpha value is -1.02. The highest BCUT2D eigenvalue weighted by molar-refractivity contribution is 7.89. The summed E-state index contributed by atoms with van der Waals surface area (Å²) in [7, 11) is -3.53. The molecule has 0 aromatic carbocycles. The summed E-state index contributed by atoms with van der Waals surface area (Å²) in [4.78, 5) is 4.24. The molecule has 1 aliphatic carbocycles. The molecule has 1 atom stereocenters. The van der Waals surface area contributed by atoms with E-state index in [4.69, 9.17) is 0 Å². The van der Waals surface area contributed by atoms with Crippen molar-refractivity contribution in [2.75, 3.05) is 12.3 Å². The minimum Gasteiger partial charge on any atom is -0.333 e. The average Bonchev–Trinajstić information content (AvgIpc) is 2.85. The van der Waals surface area contributed by atoms with Gasteiger partial charge in [-0.2, -0.15) is 0 Å². The SMILES string of the molecule is CC(C)c1nccn1CCNS(=O)(=O)CC1CCCC(F)(F)C1.